The van der Waals surface area contributed by atoms with Gasteiger partial charge >= 0.3 is 5.97 Å². The Morgan fingerprint density at radius 3 is 2.55 bits per heavy atom. The summed E-state index contributed by atoms with van der Waals surface area (Å²) in [6.07, 6.45) is 5.77. The Morgan fingerprint density at radius 1 is 1.15 bits per heavy atom. The van der Waals surface area contributed by atoms with Crippen LogP contribution in [0.5, 0.6) is 11.6 Å². The van der Waals surface area contributed by atoms with Crippen molar-refractivity contribution in [1.29, 1.82) is 0 Å². The second-order valence-corrected chi connectivity index (χ2v) is 19.3. The van der Waals surface area contributed by atoms with Crippen LogP contribution in [0, 0.1) is 29.1 Å². The number of sulfonamides is 1. The number of carbonyl (C=O) groups is 4. The minimum atomic E-state index is -4.63. The zero-order valence-corrected chi connectivity index (χ0v) is 33.8. The number of benzene rings is 1. The minimum Gasteiger partial charge on any atom is -0.494 e. The van der Waals surface area contributed by atoms with Crippen molar-refractivity contribution in [2.24, 2.45) is 29.1 Å². The molecule has 1 saturated heterocycles. The standard InChI is InChI=1S/C40H51ClFN3O9S/c1-23-10-7-8-11-25-19-39(25,37(49)44-55(50,51)40(42)14-15-40)20-31(46)30-17-26(53-35-27-12-9-13-29(41)34(27)32(52-6)21-43-35)22-45(30)36(48)28(24(2)16-23)18-33(47)54-38(3,4)5/h8-9,11-13,21,23-26,28,30H,7,10,14-20,22H2,1-6H3,(H,44,49)/b11-8-/t23?,24-,25-,26-,28+,30+,39-/m1/s1. The lowest BCUT2D eigenvalue weighted by Gasteiger charge is -2.32. The second kappa shape index (κ2) is 15.3. The van der Waals surface area contributed by atoms with Crippen molar-refractivity contribution in [1.82, 2.24) is 14.6 Å². The van der Waals surface area contributed by atoms with E-state index in [1.165, 1.54) is 18.2 Å². The quantitative estimate of drug-likeness (QED) is 0.232. The maximum absolute atomic E-state index is 14.8. The van der Waals surface area contributed by atoms with E-state index in [4.69, 9.17) is 25.8 Å². The van der Waals surface area contributed by atoms with E-state index in [1.807, 2.05) is 23.8 Å². The van der Waals surface area contributed by atoms with Crippen LogP contribution in [0.2, 0.25) is 5.02 Å². The SMILES string of the molecule is COc1cnc(O[C@@H]2C[C@H]3C(=O)C[C@]4(C(=O)NS(=O)(=O)C5(F)CC5)C[C@H]4/C=C\CCC(C)C[C@@H](C)[C@H](CC(=O)OC(C)(C)C)C(=O)N3C2)c2cccc(Cl)c12. The van der Waals surface area contributed by atoms with Crippen LogP contribution in [0.25, 0.3) is 10.8 Å². The number of nitrogens with one attached hydrogen (secondary N) is 1. The normalized spacial score (nSPS) is 30.3. The van der Waals surface area contributed by atoms with Gasteiger partial charge in [0.2, 0.25) is 22.7 Å². The minimum absolute atomic E-state index is 0.0284. The fraction of sp³-hybridized carbons (Fsp3) is 0.625. The Labute approximate surface area is 326 Å². The van der Waals surface area contributed by atoms with Gasteiger partial charge in [-0.15, -0.1) is 0 Å². The number of hydrogen-bond acceptors (Lipinski definition) is 10. The summed E-state index contributed by atoms with van der Waals surface area (Å²) in [7, 11) is -3.13. The van der Waals surface area contributed by atoms with Crippen LogP contribution in [0.3, 0.4) is 0 Å². The number of methoxy groups -OCH3 is 1. The number of allylic oxidation sites excluding steroid dienone is 2. The molecule has 0 radical (unpaired) electrons. The molecule has 1 unspecified atom stereocenters. The van der Waals surface area contributed by atoms with Crippen LogP contribution in [-0.2, 0) is 33.9 Å². The number of halogens is 2. The Kier molecular flexibility index (Phi) is 11.4. The van der Waals surface area contributed by atoms with Crippen molar-refractivity contribution >= 4 is 56.0 Å². The highest BCUT2D eigenvalue weighted by Gasteiger charge is 2.64. The molecule has 55 heavy (non-hydrogen) atoms. The molecule has 1 aromatic carbocycles. The summed E-state index contributed by atoms with van der Waals surface area (Å²) in [5.41, 5.74) is -2.23. The molecular formula is C40H51ClFN3O9S. The van der Waals surface area contributed by atoms with Crippen molar-refractivity contribution in [3.8, 4) is 11.6 Å². The van der Waals surface area contributed by atoms with E-state index in [1.54, 1.807) is 39.0 Å². The molecule has 15 heteroatoms. The summed E-state index contributed by atoms with van der Waals surface area (Å²) in [5, 5.41) is -0.958. The molecule has 3 heterocycles. The van der Waals surface area contributed by atoms with Gasteiger partial charge in [-0.1, -0.05) is 43.7 Å². The van der Waals surface area contributed by atoms with Crippen LogP contribution in [0.1, 0.15) is 92.4 Å². The van der Waals surface area contributed by atoms with Crippen LogP contribution in [-0.4, -0.2) is 78.3 Å². The van der Waals surface area contributed by atoms with Crippen LogP contribution in [0.15, 0.2) is 36.5 Å². The molecule has 2 aliphatic heterocycles. The molecule has 4 aliphatic rings. The molecule has 300 valence electrons. The lowest BCUT2D eigenvalue weighted by molar-refractivity contribution is -0.160. The van der Waals surface area contributed by atoms with Gasteiger partial charge in [-0.3, -0.25) is 19.2 Å². The molecule has 6 rings (SSSR count). The third kappa shape index (κ3) is 8.65. The number of ether oxygens (including phenoxy) is 3. The highest BCUT2D eigenvalue weighted by atomic mass is 35.5. The summed E-state index contributed by atoms with van der Waals surface area (Å²) in [6, 6.07) is 4.15. The van der Waals surface area contributed by atoms with E-state index in [9.17, 15) is 32.0 Å². The number of nitrogens with zero attached hydrogens (tertiary/aromatic N) is 2. The average molecular weight is 804 g/mol. The Balaban J connectivity index is 1.36. The zero-order valence-electron chi connectivity index (χ0n) is 32.2. The maximum atomic E-state index is 14.8. The van der Waals surface area contributed by atoms with Gasteiger partial charge in [0.15, 0.2) is 5.78 Å². The smallest absolute Gasteiger partial charge is 0.307 e. The third-order valence-electron chi connectivity index (χ3n) is 11.4. The summed E-state index contributed by atoms with van der Waals surface area (Å²) >= 11 is 6.55. The first-order valence-electron chi connectivity index (χ1n) is 19.0. The van der Waals surface area contributed by atoms with Gasteiger partial charge in [0.1, 0.15) is 17.5 Å². The molecule has 7 atom stereocenters. The Morgan fingerprint density at radius 2 is 1.87 bits per heavy atom. The first-order chi connectivity index (χ1) is 25.8. The summed E-state index contributed by atoms with van der Waals surface area (Å²) in [4.78, 5) is 62.4. The van der Waals surface area contributed by atoms with Crippen molar-refractivity contribution in [2.75, 3.05) is 13.7 Å². The predicted octanol–water partition coefficient (Wildman–Crippen LogP) is 6.48. The number of Topliss-reactive ketones (excluding diaryl/α,β-unsaturated/α-hetero) is 1. The van der Waals surface area contributed by atoms with Crippen molar-refractivity contribution in [3.05, 3.63) is 41.6 Å². The van der Waals surface area contributed by atoms with Gasteiger partial charge in [0.25, 0.3) is 10.0 Å². The van der Waals surface area contributed by atoms with E-state index in [0.29, 0.717) is 34.4 Å². The molecule has 3 fully saturated rings. The van der Waals surface area contributed by atoms with Crippen LogP contribution >= 0.6 is 11.6 Å². The van der Waals surface area contributed by atoms with Gasteiger partial charge in [-0.05, 0) is 76.3 Å². The third-order valence-corrected chi connectivity index (χ3v) is 13.6. The van der Waals surface area contributed by atoms with Crippen LogP contribution < -0.4 is 14.2 Å². The highest BCUT2D eigenvalue weighted by molar-refractivity contribution is 7.91. The number of carbonyl (C=O) groups excluding carboxylic acids is 4. The van der Waals surface area contributed by atoms with Crippen molar-refractivity contribution in [2.45, 2.75) is 115 Å². The number of fused-ring (bicyclic) bond motifs is 3. The van der Waals surface area contributed by atoms with Gasteiger partial charge in [0.05, 0.1) is 48.7 Å². The Hall–Kier alpha value is -3.78. The number of amides is 2. The molecule has 2 saturated carbocycles. The zero-order chi connectivity index (χ0) is 40.1. The maximum Gasteiger partial charge on any atom is 0.307 e. The number of esters is 1. The highest BCUT2D eigenvalue weighted by Crippen LogP contribution is 2.58. The van der Waals surface area contributed by atoms with Crippen LogP contribution in [0.4, 0.5) is 4.39 Å². The Bertz CT molecular complexity index is 2000. The molecule has 12 nitrogen and oxygen atoms in total. The molecule has 2 aliphatic carbocycles. The average Bonchev–Trinajstić information content (AvgIpc) is 3.98. The fourth-order valence-electron chi connectivity index (χ4n) is 8.15. The van der Waals surface area contributed by atoms with Gasteiger partial charge in [0, 0.05) is 36.5 Å². The monoisotopic (exact) mass is 803 g/mol. The predicted molar refractivity (Wildman–Crippen MR) is 203 cm³/mol. The molecule has 0 bridgehead atoms. The molecule has 0 spiro atoms. The molecule has 2 aromatic rings. The summed E-state index contributed by atoms with van der Waals surface area (Å²) < 4.78 is 60.1. The summed E-state index contributed by atoms with van der Waals surface area (Å²) in [5.74, 6) is -3.10. The fourth-order valence-corrected chi connectivity index (χ4v) is 9.69. The lowest BCUT2D eigenvalue weighted by atomic mass is 9.82. The molecular weight excluding hydrogens is 753 g/mol. The number of pyridine rings is 1. The number of hydrogen-bond donors (Lipinski definition) is 1. The number of ketones is 1. The molecule has 2 amide bonds. The van der Waals surface area contributed by atoms with E-state index in [0.717, 1.165) is 6.42 Å². The van der Waals surface area contributed by atoms with Crippen molar-refractivity contribution < 1.29 is 46.2 Å². The second-order valence-electron chi connectivity index (χ2n) is 16.9. The first kappa shape index (κ1) is 40.9. The van der Waals surface area contributed by atoms with Gasteiger partial charge in [-0.25, -0.2) is 22.5 Å². The topological polar surface area (TPSA) is 158 Å². The molecule has 1 N–H and O–H groups in total. The van der Waals surface area contributed by atoms with E-state index >= 15 is 0 Å². The van der Waals surface area contributed by atoms with Gasteiger partial charge < -0.3 is 19.1 Å². The number of aromatic nitrogens is 1. The van der Waals surface area contributed by atoms with Crippen molar-refractivity contribution in [3.63, 3.8) is 0 Å². The molecule has 1 aromatic heterocycles. The number of alkyl halides is 1. The summed E-state index contributed by atoms with van der Waals surface area (Å²) in [6.45, 7) is 9.24. The van der Waals surface area contributed by atoms with E-state index < -0.39 is 73.6 Å². The van der Waals surface area contributed by atoms with E-state index in [2.05, 4.69) is 11.9 Å². The van der Waals surface area contributed by atoms with Gasteiger partial charge in [-0.2, -0.15) is 0 Å². The largest absolute Gasteiger partial charge is 0.494 e. The number of rotatable bonds is 8. The lowest BCUT2D eigenvalue weighted by Crippen LogP contribution is -2.48. The van der Waals surface area contributed by atoms with E-state index in [-0.39, 0.29) is 62.8 Å². The first-order valence-corrected chi connectivity index (χ1v) is 20.9.